The Bertz CT molecular complexity index is 1110. The SMILES string of the molecule is CN1C=C(c2cccc(-c3ccc(-c4ccn(C)n4)c(CC[C@H](O)CO)n3)c2)C=I1. The Labute approximate surface area is 186 Å². The van der Waals surface area contributed by atoms with Crippen molar-refractivity contribution in [3.05, 3.63) is 66.1 Å². The zero-order valence-corrected chi connectivity index (χ0v) is 19.2. The van der Waals surface area contributed by atoms with Crippen molar-refractivity contribution in [2.45, 2.75) is 18.9 Å². The molecule has 2 N–H and O–H groups in total. The molecular formula is C23H25IN4O2. The highest BCUT2D eigenvalue weighted by atomic mass is 127. The van der Waals surface area contributed by atoms with Crippen molar-refractivity contribution in [3.8, 4) is 22.5 Å². The molecule has 0 fully saturated rings. The monoisotopic (exact) mass is 516 g/mol. The second kappa shape index (κ2) is 9.20. The molecular weight excluding hydrogens is 491 g/mol. The molecule has 0 aliphatic carbocycles. The lowest BCUT2D eigenvalue weighted by Crippen LogP contribution is -2.13. The van der Waals surface area contributed by atoms with Crippen molar-refractivity contribution >= 4 is 30.6 Å². The number of allylic oxidation sites excluding steroid dienone is 1. The van der Waals surface area contributed by atoms with Gasteiger partial charge >= 0.3 is 0 Å². The summed E-state index contributed by atoms with van der Waals surface area (Å²) < 4.78 is 6.37. The fourth-order valence-corrected chi connectivity index (χ4v) is 5.13. The Morgan fingerprint density at radius 2 is 1.90 bits per heavy atom. The number of pyridine rings is 1. The van der Waals surface area contributed by atoms with Gasteiger partial charge < -0.3 is 13.3 Å². The van der Waals surface area contributed by atoms with Crippen LogP contribution in [0.3, 0.4) is 0 Å². The Balaban J connectivity index is 1.70. The first-order valence-electron chi connectivity index (χ1n) is 9.84. The fraction of sp³-hybridized carbons (Fsp3) is 0.261. The molecule has 3 aromatic rings. The van der Waals surface area contributed by atoms with Crippen molar-refractivity contribution in [3.63, 3.8) is 0 Å². The zero-order valence-electron chi connectivity index (χ0n) is 17.0. The van der Waals surface area contributed by atoms with E-state index in [1.807, 2.05) is 25.4 Å². The third kappa shape index (κ3) is 4.69. The average Bonchev–Trinajstić information content (AvgIpc) is 3.40. The molecule has 3 heterocycles. The molecule has 1 atom stereocenters. The Hall–Kier alpha value is -2.36. The van der Waals surface area contributed by atoms with Crippen LogP contribution in [-0.2, 0) is 13.5 Å². The summed E-state index contributed by atoms with van der Waals surface area (Å²) in [7, 11) is 4.01. The van der Waals surface area contributed by atoms with Crippen LogP contribution in [0, 0.1) is 0 Å². The van der Waals surface area contributed by atoms with E-state index in [0.29, 0.717) is 12.8 Å². The van der Waals surface area contributed by atoms with Crippen LogP contribution in [0.5, 0.6) is 0 Å². The van der Waals surface area contributed by atoms with Gasteiger partial charge in [0.25, 0.3) is 0 Å². The lowest BCUT2D eigenvalue weighted by atomic mass is 10.00. The van der Waals surface area contributed by atoms with E-state index in [9.17, 15) is 10.2 Å². The number of halogens is 1. The van der Waals surface area contributed by atoms with Gasteiger partial charge in [0.15, 0.2) is 0 Å². The van der Waals surface area contributed by atoms with E-state index >= 15 is 0 Å². The third-order valence-electron chi connectivity index (χ3n) is 5.02. The van der Waals surface area contributed by atoms with Gasteiger partial charge in [-0.25, -0.2) is 0 Å². The maximum absolute atomic E-state index is 9.84. The maximum Gasteiger partial charge on any atom is 0.0941 e. The smallest absolute Gasteiger partial charge is 0.0941 e. The van der Waals surface area contributed by atoms with Gasteiger partial charge in [-0.2, -0.15) is 5.10 Å². The maximum atomic E-state index is 9.84. The Morgan fingerprint density at radius 1 is 1.07 bits per heavy atom. The number of benzene rings is 1. The Morgan fingerprint density at radius 3 is 2.60 bits per heavy atom. The molecule has 1 aliphatic rings. The van der Waals surface area contributed by atoms with Gasteiger partial charge in [0.1, 0.15) is 0 Å². The molecule has 1 aliphatic heterocycles. The van der Waals surface area contributed by atoms with Crippen LogP contribution >= 0.6 is 21.0 Å². The molecule has 0 radical (unpaired) electrons. The highest BCUT2D eigenvalue weighted by Gasteiger charge is 2.14. The first-order chi connectivity index (χ1) is 14.5. The molecule has 4 rings (SSSR count). The van der Waals surface area contributed by atoms with Crippen LogP contribution in [0.25, 0.3) is 28.1 Å². The first-order valence-corrected chi connectivity index (χ1v) is 12.1. The summed E-state index contributed by atoms with van der Waals surface area (Å²) in [6.45, 7) is -0.247. The van der Waals surface area contributed by atoms with Crippen molar-refractivity contribution in [2.75, 3.05) is 13.7 Å². The van der Waals surface area contributed by atoms with Crippen LogP contribution in [-0.4, -0.2) is 51.9 Å². The minimum atomic E-state index is -0.750. The molecule has 0 unspecified atom stereocenters. The van der Waals surface area contributed by atoms with Gasteiger partial charge in [-0.3, -0.25) is 9.67 Å². The summed E-state index contributed by atoms with van der Waals surface area (Å²) in [6.07, 6.45) is 4.37. The quantitative estimate of drug-likeness (QED) is 0.372. The summed E-state index contributed by atoms with van der Waals surface area (Å²) in [6, 6.07) is 14.5. The normalized spacial score (nSPS) is 14.5. The molecule has 0 bridgehead atoms. The number of aryl methyl sites for hydroxylation is 2. The number of aromatic nitrogens is 3. The summed E-state index contributed by atoms with van der Waals surface area (Å²) in [4.78, 5) is 4.94. The second-order valence-corrected chi connectivity index (χ2v) is 10.0. The summed E-state index contributed by atoms with van der Waals surface area (Å²) in [5.74, 6) is 0. The molecule has 156 valence electrons. The summed E-state index contributed by atoms with van der Waals surface area (Å²) >= 11 is -0.0520. The van der Waals surface area contributed by atoms with Crippen molar-refractivity contribution in [1.29, 1.82) is 0 Å². The number of aliphatic hydroxyl groups is 2. The average molecular weight is 516 g/mol. The van der Waals surface area contributed by atoms with E-state index in [1.165, 1.54) is 11.1 Å². The van der Waals surface area contributed by atoms with Gasteiger partial charge in [-0.05, 0) is 67.7 Å². The van der Waals surface area contributed by atoms with E-state index in [1.54, 1.807) is 4.68 Å². The van der Waals surface area contributed by atoms with E-state index in [-0.39, 0.29) is 27.6 Å². The van der Waals surface area contributed by atoms with Crippen molar-refractivity contribution in [1.82, 2.24) is 17.9 Å². The van der Waals surface area contributed by atoms with Crippen LogP contribution in [0.4, 0.5) is 0 Å². The van der Waals surface area contributed by atoms with Crippen LogP contribution in [0.1, 0.15) is 17.7 Å². The fourth-order valence-electron chi connectivity index (χ4n) is 3.41. The second-order valence-electron chi connectivity index (χ2n) is 7.34. The molecule has 1 aromatic carbocycles. The molecule has 0 amide bonds. The zero-order chi connectivity index (χ0) is 21.1. The standard InChI is InChI=1S/C23H25IN4O2/c1-27-14-18(13-24-27)16-4-3-5-17(12-16)21-9-7-20(23-10-11-28(2)26-23)22(25-21)8-6-19(30)15-29/h3-5,7,9-14,19,29-30H,6,8,15H2,1-2H3/t19-/m0/s1. The highest BCUT2D eigenvalue weighted by molar-refractivity contribution is 14.2. The molecule has 7 heteroatoms. The number of aliphatic hydroxyl groups excluding tert-OH is 2. The van der Waals surface area contributed by atoms with Crippen molar-refractivity contribution in [2.24, 2.45) is 7.05 Å². The van der Waals surface area contributed by atoms with E-state index in [2.05, 4.69) is 55.8 Å². The number of hydrogen-bond acceptors (Lipinski definition) is 5. The van der Waals surface area contributed by atoms with E-state index < -0.39 is 6.10 Å². The lowest BCUT2D eigenvalue weighted by molar-refractivity contribution is 0.0884. The molecule has 2 aromatic heterocycles. The van der Waals surface area contributed by atoms with Gasteiger partial charge in [0.05, 0.1) is 29.8 Å². The predicted octanol–water partition coefficient (Wildman–Crippen LogP) is 3.41. The third-order valence-corrected chi connectivity index (χ3v) is 7.12. The van der Waals surface area contributed by atoms with Gasteiger partial charge in [0, 0.05) is 43.2 Å². The summed E-state index contributed by atoms with van der Waals surface area (Å²) in [5, 5.41) is 23.6. The van der Waals surface area contributed by atoms with Gasteiger partial charge in [-0.15, -0.1) is 0 Å². The van der Waals surface area contributed by atoms with Crippen LogP contribution in [0.2, 0.25) is 0 Å². The molecule has 30 heavy (non-hydrogen) atoms. The lowest BCUT2D eigenvalue weighted by Gasteiger charge is -2.12. The van der Waals surface area contributed by atoms with E-state index in [4.69, 9.17) is 4.98 Å². The highest BCUT2D eigenvalue weighted by Crippen LogP contribution is 2.30. The predicted molar refractivity (Wildman–Crippen MR) is 129 cm³/mol. The first kappa shape index (κ1) is 20.9. The molecule has 6 nitrogen and oxygen atoms in total. The topological polar surface area (TPSA) is 74.4 Å². The largest absolute Gasteiger partial charge is 0.394 e. The minimum Gasteiger partial charge on any atom is -0.394 e. The number of nitrogens with zero attached hydrogens (tertiary/aromatic N) is 4. The van der Waals surface area contributed by atoms with E-state index in [0.717, 1.165) is 28.2 Å². The van der Waals surface area contributed by atoms with Crippen molar-refractivity contribution < 1.29 is 10.2 Å². The van der Waals surface area contributed by atoms with Crippen LogP contribution < -0.4 is 0 Å². The molecule has 0 saturated heterocycles. The van der Waals surface area contributed by atoms with Crippen LogP contribution in [0.15, 0.2) is 54.9 Å². The van der Waals surface area contributed by atoms with Gasteiger partial charge in [-0.1, -0.05) is 18.2 Å². The molecule has 0 spiro atoms. The minimum absolute atomic E-state index is 0.0520. The molecule has 0 saturated carbocycles. The number of rotatable bonds is 7. The summed E-state index contributed by atoms with van der Waals surface area (Å²) in [5.41, 5.74) is 7.11. The number of hydrogen-bond donors (Lipinski definition) is 2. The van der Waals surface area contributed by atoms with Gasteiger partial charge in [0.2, 0.25) is 0 Å². The Kier molecular flexibility index (Phi) is 6.40.